The summed E-state index contributed by atoms with van der Waals surface area (Å²) < 4.78 is 11.4. The zero-order valence-corrected chi connectivity index (χ0v) is 12.2. The van der Waals surface area contributed by atoms with Gasteiger partial charge in [-0.15, -0.1) is 0 Å². The SMILES string of the molecule is CCOC1(c2noc(-c3ccc(O)cc3)n2)CCCCC1. The third kappa shape index (κ3) is 2.78. The minimum Gasteiger partial charge on any atom is -0.508 e. The van der Waals surface area contributed by atoms with Gasteiger partial charge in [-0.3, -0.25) is 0 Å². The van der Waals surface area contributed by atoms with Gasteiger partial charge in [0.25, 0.3) is 5.89 Å². The van der Waals surface area contributed by atoms with Gasteiger partial charge in [0, 0.05) is 12.2 Å². The summed E-state index contributed by atoms with van der Waals surface area (Å²) in [5, 5.41) is 13.5. The van der Waals surface area contributed by atoms with E-state index in [0.717, 1.165) is 31.2 Å². The molecule has 1 saturated carbocycles. The zero-order valence-electron chi connectivity index (χ0n) is 12.2. The smallest absolute Gasteiger partial charge is 0.258 e. The molecule has 1 heterocycles. The number of hydrogen-bond donors (Lipinski definition) is 1. The molecule has 1 fully saturated rings. The van der Waals surface area contributed by atoms with Gasteiger partial charge in [-0.2, -0.15) is 4.98 Å². The number of phenolic OH excluding ortho intramolecular Hbond substituents is 1. The molecule has 0 spiro atoms. The molecule has 1 aliphatic rings. The highest BCUT2D eigenvalue weighted by molar-refractivity contribution is 5.54. The maximum atomic E-state index is 9.34. The minimum atomic E-state index is -0.397. The Morgan fingerprint density at radius 2 is 1.90 bits per heavy atom. The van der Waals surface area contributed by atoms with E-state index >= 15 is 0 Å². The fraction of sp³-hybridized carbons (Fsp3) is 0.500. The van der Waals surface area contributed by atoms with Crippen molar-refractivity contribution in [3.63, 3.8) is 0 Å². The van der Waals surface area contributed by atoms with Gasteiger partial charge in [-0.25, -0.2) is 0 Å². The van der Waals surface area contributed by atoms with Crippen LogP contribution in [-0.2, 0) is 10.3 Å². The Bertz CT molecular complexity index is 580. The number of rotatable bonds is 4. The van der Waals surface area contributed by atoms with E-state index in [1.54, 1.807) is 24.3 Å². The summed E-state index contributed by atoms with van der Waals surface area (Å²) in [5.41, 5.74) is 0.403. The second-order valence-electron chi connectivity index (χ2n) is 5.46. The number of hydrogen-bond acceptors (Lipinski definition) is 5. The predicted octanol–water partition coefficient (Wildman–Crippen LogP) is 3.64. The Labute approximate surface area is 123 Å². The highest BCUT2D eigenvalue weighted by Crippen LogP contribution is 2.39. The molecule has 21 heavy (non-hydrogen) atoms. The Kier molecular flexibility index (Phi) is 3.92. The maximum absolute atomic E-state index is 9.34. The van der Waals surface area contributed by atoms with Crippen LogP contribution in [0.2, 0.25) is 0 Å². The lowest BCUT2D eigenvalue weighted by Crippen LogP contribution is -2.33. The van der Waals surface area contributed by atoms with Gasteiger partial charge in [-0.1, -0.05) is 24.4 Å². The summed E-state index contributed by atoms with van der Waals surface area (Å²) in [6.07, 6.45) is 5.37. The molecule has 0 unspecified atom stereocenters. The Balaban J connectivity index is 1.90. The van der Waals surface area contributed by atoms with Crippen LogP contribution in [0.1, 0.15) is 44.9 Å². The predicted molar refractivity (Wildman–Crippen MR) is 77.8 cm³/mol. The zero-order chi connectivity index (χ0) is 14.7. The van der Waals surface area contributed by atoms with Crippen LogP contribution < -0.4 is 0 Å². The van der Waals surface area contributed by atoms with Crippen molar-refractivity contribution in [2.45, 2.75) is 44.6 Å². The molecular formula is C16H20N2O3. The molecule has 0 radical (unpaired) electrons. The van der Waals surface area contributed by atoms with Crippen LogP contribution in [0.4, 0.5) is 0 Å². The van der Waals surface area contributed by atoms with Gasteiger partial charge in [0.15, 0.2) is 0 Å². The highest BCUT2D eigenvalue weighted by atomic mass is 16.5. The van der Waals surface area contributed by atoms with E-state index in [1.807, 2.05) is 6.92 Å². The molecule has 5 heteroatoms. The molecule has 5 nitrogen and oxygen atoms in total. The number of nitrogens with zero attached hydrogens (tertiary/aromatic N) is 2. The lowest BCUT2D eigenvalue weighted by molar-refractivity contribution is -0.0777. The maximum Gasteiger partial charge on any atom is 0.258 e. The third-order valence-corrected chi connectivity index (χ3v) is 4.03. The first-order valence-corrected chi connectivity index (χ1v) is 7.51. The van der Waals surface area contributed by atoms with Gasteiger partial charge in [-0.05, 0) is 44.0 Å². The van der Waals surface area contributed by atoms with Gasteiger partial charge < -0.3 is 14.4 Å². The monoisotopic (exact) mass is 288 g/mol. The van der Waals surface area contributed by atoms with E-state index in [4.69, 9.17) is 9.26 Å². The van der Waals surface area contributed by atoms with E-state index in [0.29, 0.717) is 18.3 Å². The quantitative estimate of drug-likeness (QED) is 0.930. The first-order valence-electron chi connectivity index (χ1n) is 7.51. The molecule has 112 valence electrons. The van der Waals surface area contributed by atoms with Crippen LogP contribution in [0.5, 0.6) is 5.75 Å². The van der Waals surface area contributed by atoms with E-state index < -0.39 is 5.60 Å². The first kappa shape index (κ1) is 14.1. The molecule has 0 amide bonds. The number of aromatic hydroxyl groups is 1. The summed E-state index contributed by atoms with van der Waals surface area (Å²) in [5.74, 6) is 1.33. The Morgan fingerprint density at radius 3 is 2.57 bits per heavy atom. The summed E-state index contributed by atoms with van der Waals surface area (Å²) in [6, 6.07) is 6.75. The Hall–Kier alpha value is -1.88. The standard InChI is InChI=1S/C16H20N2O3/c1-2-20-16(10-4-3-5-11-16)15-17-14(21-18-15)12-6-8-13(19)9-7-12/h6-9,19H,2-5,10-11H2,1H3. The van der Waals surface area contributed by atoms with Crippen molar-refractivity contribution in [2.24, 2.45) is 0 Å². The number of ether oxygens (including phenoxy) is 1. The summed E-state index contributed by atoms with van der Waals surface area (Å²) in [7, 11) is 0. The van der Waals surface area contributed by atoms with Crippen molar-refractivity contribution < 1.29 is 14.4 Å². The number of aromatic nitrogens is 2. The second kappa shape index (κ2) is 5.85. The lowest BCUT2D eigenvalue weighted by atomic mass is 9.84. The fourth-order valence-electron chi connectivity index (χ4n) is 2.96. The second-order valence-corrected chi connectivity index (χ2v) is 5.46. The first-order chi connectivity index (χ1) is 10.2. The third-order valence-electron chi connectivity index (χ3n) is 4.03. The molecule has 1 aromatic heterocycles. The molecule has 1 aromatic carbocycles. The van der Waals surface area contributed by atoms with Crippen molar-refractivity contribution in [1.82, 2.24) is 10.1 Å². The van der Waals surface area contributed by atoms with Crippen molar-refractivity contribution in [3.8, 4) is 17.2 Å². The van der Waals surface area contributed by atoms with Crippen molar-refractivity contribution in [3.05, 3.63) is 30.1 Å². The van der Waals surface area contributed by atoms with Crippen molar-refractivity contribution >= 4 is 0 Å². The molecule has 0 bridgehead atoms. The van der Waals surface area contributed by atoms with Crippen molar-refractivity contribution in [1.29, 1.82) is 0 Å². The van der Waals surface area contributed by atoms with E-state index in [-0.39, 0.29) is 5.75 Å². The van der Waals surface area contributed by atoms with Crippen LogP contribution in [0, 0.1) is 0 Å². The summed E-state index contributed by atoms with van der Waals surface area (Å²) in [4.78, 5) is 4.54. The van der Waals surface area contributed by atoms with Gasteiger partial charge in [0.2, 0.25) is 5.82 Å². The van der Waals surface area contributed by atoms with E-state index in [2.05, 4.69) is 10.1 Å². The molecule has 0 aliphatic heterocycles. The van der Waals surface area contributed by atoms with Gasteiger partial charge in [0.1, 0.15) is 11.4 Å². The Morgan fingerprint density at radius 1 is 1.19 bits per heavy atom. The summed E-state index contributed by atoms with van der Waals surface area (Å²) >= 11 is 0. The molecule has 2 aromatic rings. The van der Waals surface area contributed by atoms with Crippen LogP contribution >= 0.6 is 0 Å². The van der Waals surface area contributed by atoms with Crippen LogP contribution in [0.3, 0.4) is 0 Å². The normalized spacial score (nSPS) is 17.8. The molecule has 3 rings (SSSR count). The largest absolute Gasteiger partial charge is 0.508 e. The average molecular weight is 288 g/mol. The molecule has 1 N–H and O–H groups in total. The molecule has 0 atom stereocenters. The summed E-state index contributed by atoms with van der Waals surface area (Å²) in [6.45, 7) is 2.64. The van der Waals surface area contributed by atoms with Crippen LogP contribution in [-0.4, -0.2) is 21.9 Å². The van der Waals surface area contributed by atoms with Crippen LogP contribution in [0.15, 0.2) is 28.8 Å². The van der Waals surface area contributed by atoms with Crippen molar-refractivity contribution in [2.75, 3.05) is 6.61 Å². The lowest BCUT2D eigenvalue weighted by Gasteiger charge is -2.33. The number of benzene rings is 1. The number of phenols is 1. The van der Waals surface area contributed by atoms with Gasteiger partial charge >= 0.3 is 0 Å². The van der Waals surface area contributed by atoms with Crippen LogP contribution in [0.25, 0.3) is 11.5 Å². The molecular weight excluding hydrogens is 268 g/mol. The highest BCUT2D eigenvalue weighted by Gasteiger charge is 2.39. The molecule has 1 aliphatic carbocycles. The minimum absolute atomic E-state index is 0.219. The topological polar surface area (TPSA) is 68.4 Å². The van der Waals surface area contributed by atoms with Gasteiger partial charge in [0.05, 0.1) is 0 Å². The van der Waals surface area contributed by atoms with E-state index in [9.17, 15) is 5.11 Å². The fourth-order valence-corrected chi connectivity index (χ4v) is 2.96. The van der Waals surface area contributed by atoms with E-state index in [1.165, 1.54) is 6.42 Å². The average Bonchev–Trinajstić information content (AvgIpc) is 3.00. The molecule has 0 saturated heterocycles.